The number of rotatable bonds is 4. The zero-order valence-corrected chi connectivity index (χ0v) is 11.8. The molecule has 1 aliphatic rings. The lowest BCUT2D eigenvalue weighted by Crippen LogP contribution is -2.52. The number of aryl methyl sites for hydroxylation is 1. The zero-order chi connectivity index (χ0) is 15.4. The van der Waals surface area contributed by atoms with E-state index in [4.69, 9.17) is 5.11 Å². The fourth-order valence-electron chi connectivity index (χ4n) is 2.50. The lowest BCUT2D eigenvalue weighted by molar-refractivity contribution is -0.146. The van der Waals surface area contributed by atoms with Crippen molar-refractivity contribution < 1.29 is 19.5 Å². The molecule has 0 bridgehead atoms. The van der Waals surface area contributed by atoms with E-state index in [-0.39, 0.29) is 24.7 Å². The van der Waals surface area contributed by atoms with Crippen molar-refractivity contribution in [2.24, 2.45) is 0 Å². The van der Waals surface area contributed by atoms with Gasteiger partial charge in [-0.15, -0.1) is 0 Å². The van der Waals surface area contributed by atoms with Gasteiger partial charge in [0.2, 0.25) is 11.8 Å². The number of piperazine rings is 1. The summed E-state index contributed by atoms with van der Waals surface area (Å²) in [5, 5.41) is 11.4. The number of carboxylic acid groups (broad SMARTS) is 1. The van der Waals surface area contributed by atoms with Crippen molar-refractivity contribution in [3.8, 4) is 0 Å². The molecule has 112 valence electrons. The van der Waals surface area contributed by atoms with Crippen molar-refractivity contribution in [1.82, 2.24) is 10.2 Å². The highest BCUT2D eigenvalue weighted by atomic mass is 16.4. The summed E-state index contributed by atoms with van der Waals surface area (Å²) in [4.78, 5) is 36.5. The molecule has 1 aromatic rings. The Hall–Kier alpha value is -2.37. The predicted molar refractivity (Wildman–Crippen MR) is 75.5 cm³/mol. The highest BCUT2D eigenvalue weighted by Crippen LogP contribution is 2.26. The van der Waals surface area contributed by atoms with E-state index < -0.39 is 12.0 Å². The molecule has 0 aliphatic carbocycles. The molecule has 1 atom stereocenters. The fourth-order valence-corrected chi connectivity index (χ4v) is 2.50. The minimum atomic E-state index is -1.02. The van der Waals surface area contributed by atoms with Gasteiger partial charge in [0, 0.05) is 19.5 Å². The van der Waals surface area contributed by atoms with Gasteiger partial charge in [-0.05, 0) is 18.1 Å². The molecule has 0 saturated carbocycles. The molecule has 0 aromatic heterocycles. The summed E-state index contributed by atoms with van der Waals surface area (Å²) < 4.78 is 0. The summed E-state index contributed by atoms with van der Waals surface area (Å²) in [5.74, 6) is -1.54. The maximum absolute atomic E-state index is 12.2. The van der Waals surface area contributed by atoms with Gasteiger partial charge in [0.1, 0.15) is 6.04 Å². The van der Waals surface area contributed by atoms with Crippen molar-refractivity contribution in [3.63, 3.8) is 0 Å². The Morgan fingerprint density at radius 1 is 1.33 bits per heavy atom. The van der Waals surface area contributed by atoms with Crippen LogP contribution < -0.4 is 5.32 Å². The molecule has 0 spiro atoms. The van der Waals surface area contributed by atoms with Gasteiger partial charge in [-0.3, -0.25) is 14.4 Å². The van der Waals surface area contributed by atoms with Crippen molar-refractivity contribution in [2.45, 2.75) is 25.8 Å². The number of carbonyl (C=O) groups is 3. The molecule has 2 amide bonds. The number of hydrogen-bond donors (Lipinski definition) is 2. The Labute approximate surface area is 122 Å². The Morgan fingerprint density at radius 2 is 2.05 bits per heavy atom. The maximum atomic E-state index is 12.2. The minimum Gasteiger partial charge on any atom is -0.481 e. The van der Waals surface area contributed by atoms with E-state index in [1.54, 1.807) is 0 Å². The predicted octanol–water partition coefficient (Wildman–Crippen LogP) is 0.859. The van der Waals surface area contributed by atoms with Crippen LogP contribution in [0.5, 0.6) is 0 Å². The molecule has 1 unspecified atom stereocenters. The Bertz CT molecular complexity index is 571. The monoisotopic (exact) mass is 290 g/mol. The topological polar surface area (TPSA) is 86.7 Å². The molecule has 1 aromatic carbocycles. The molecular weight excluding hydrogens is 272 g/mol. The maximum Gasteiger partial charge on any atom is 0.303 e. The number of carboxylic acids is 1. The number of nitrogens with one attached hydrogen (secondary N) is 1. The molecule has 1 fully saturated rings. The molecule has 1 heterocycles. The van der Waals surface area contributed by atoms with E-state index in [9.17, 15) is 14.4 Å². The first kappa shape index (κ1) is 15.0. The molecule has 2 rings (SSSR count). The van der Waals surface area contributed by atoms with Crippen LogP contribution in [0.15, 0.2) is 24.3 Å². The van der Waals surface area contributed by atoms with E-state index in [0.717, 1.165) is 11.1 Å². The molecule has 2 N–H and O–H groups in total. The first-order valence-corrected chi connectivity index (χ1v) is 6.85. The van der Waals surface area contributed by atoms with Gasteiger partial charge in [0.25, 0.3) is 0 Å². The quantitative estimate of drug-likeness (QED) is 0.861. The second-order valence-electron chi connectivity index (χ2n) is 5.03. The third-order valence-electron chi connectivity index (χ3n) is 3.57. The summed E-state index contributed by atoms with van der Waals surface area (Å²) in [7, 11) is 0. The van der Waals surface area contributed by atoms with Crippen LogP contribution in [0.3, 0.4) is 0 Å². The number of hydrogen-bond acceptors (Lipinski definition) is 3. The van der Waals surface area contributed by atoms with Crippen LogP contribution in [0.2, 0.25) is 0 Å². The molecule has 1 aliphatic heterocycles. The van der Waals surface area contributed by atoms with Gasteiger partial charge in [-0.25, -0.2) is 0 Å². The van der Waals surface area contributed by atoms with Crippen LogP contribution in [0.25, 0.3) is 0 Å². The summed E-state index contributed by atoms with van der Waals surface area (Å²) in [6.07, 6.45) is -0.317. The highest BCUT2D eigenvalue weighted by Gasteiger charge is 2.34. The molecule has 6 heteroatoms. The van der Waals surface area contributed by atoms with Gasteiger partial charge >= 0.3 is 5.97 Å². The fraction of sp³-hybridized carbons (Fsp3) is 0.400. The van der Waals surface area contributed by atoms with Gasteiger partial charge in [-0.2, -0.15) is 0 Å². The Balaban J connectivity index is 2.25. The molecule has 0 radical (unpaired) electrons. The van der Waals surface area contributed by atoms with Gasteiger partial charge in [0.15, 0.2) is 0 Å². The molecule has 1 saturated heterocycles. The van der Waals surface area contributed by atoms with E-state index in [2.05, 4.69) is 5.32 Å². The van der Waals surface area contributed by atoms with Crippen LogP contribution in [-0.4, -0.2) is 40.9 Å². The van der Waals surface area contributed by atoms with Crippen molar-refractivity contribution in [2.75, 3.05) is 13.1 Å². The van der Waals surface area contributed by atoms with Crippen molar-refractivity contribution >= 4 is 17.8 Å². The first-order chi connectivity index (χ1) is 10.0. The number of carbonyl (C=O) groups excluding carboxylic acids is 2. The van der Waals surface area contributed by atoms with Crippen LogP contribution in [0, 0.1) is 6.92 Å². The van der Waals surface area contributed by atoms with Crippen LogP contribution >= 0.6 is 0 Å². The van der Waals surface area contributed by atoms with Gasteiger partial charge in [-0.1, -0.05) is 24.3 Å². The van der Waals surface area contributed by atoms with E-state index >= 15 is 0 Å². The molecule has 6 nitrogen and oxygen atoms in total. The summed E-state index contributed by atoms with van der Waals surface area (Å²) in [6.45, 7) is 2.67. The standard InChI is InChI=1S/C15H18N2O4/c1-10-4-2-3-5-11(10)14-15(21)16-8-9-17(14)12(18)6-7-13(19)20/h2-5,14H,6-9H2,1H3,(H,16,21)(H,19,20). The largest absolute Gasteiger partial charge is 0.481 e. The summed E-state index contributed by atoms with van der Waals surface area (Å²) in [6, 6.07) is 6.72. The second-order valence-corrected chi connectivity index (χ2v) is 5.03. The minimum absolute atomic E-state index is 0.0923. The van der Waals surface area contributed by atoms with Gasteiger partial charge in [0.05, 0.1) is 6.42 Å². The summed E-state index contributed by atoms with van der Waals surface area (Å²) >= 11 is 0. The number of benzene rings is 1. The van der Waals surface area contributed by atoms with Gasteiger partial charge < -0.3 is 15.3 Å². The highest BCUT2D eigenvalue weighted by molar-refractivity contribution is 5.90. The van der Waals surface area contributed by atoms with Crippen LogP contribution in [0.4, 0.5) is 0 Å². The number of aliphatic carboxylic acids is 1. The average Bonchev–Trinajstić information content (AvgIpc) is 2.45. The third-order valence-corrected chi connectivity index (χ3v) is 3.57. The second kappa shape index (κ2) is 6.39. The van der Waals surface area contributed by atoms with Crippen LogP contribution in [-0.2, 0) is 14.4 Å². The Kier molecular flexibility index (Phi) is 4.57. The molecular formula is C15H18N2O4. The molecule has 21 heavy (non-hydrogen) atoms. The number of nitrogens with zero attached hydrogens (tertiary/aromatic N) is 1. The van der Waals surface area contributed by atoms with Crippen molar-refractivity contribution in [1.29, 1.82) is 0 Å². The van der Waals surface area contributed by atoms with E-state index in [0.29, 0.717) is 13.1 Å². The smallest absolute Gasteiger partial charge is 0.303 e. The first-order valence-electron chi connectivity index (χ1n) is 6.85. The average molecular weight is 290 g/mol. The van der Waals surface area contributed by atoms with E-state index in [1.165, 1.54) is 4.90 Å². The lowest BCUT2D eigenvalue weighted by Gasteiger charge is -2.36. The lowest BCUT2D eigenvalue weighted by atomic mass is 9.97. The normalized spacial score (nSPS) is 18.2. The summed E-state index contributed by atoms with van der Waals surface area (Å²) in [5.41, 5.74) is 1.70. The van der Waals surface area contributed by atoms with Crippen molar-refractivity contribution in [3.05, 3.63) is 35.4 Å². The van der Waals surface area contributed by atoms with E-state index in [1.807, 2.05) is 31.2 Å². The van der Waals surface area contributed by atoms with Crippen LogP contribution in [0.1, 0.15) is 30.0 Å². The Morgan fingerprint density at radius 3 is 2.71 bits per heavy atom. The zero-order valence-electron chi connectivity index (χ0n) is 11.8. The SMILES string of the molecule is Cc1ccccc1C1C(=O)NCCN1C(=O)CCC(=O)O. The number of amides is 2. The third kappa shape index (κ3) is 3.39.